The lowest BCUT2D eigenvalue weighted by Crippen LogP contribution is -2.33. The number of nitrogens with two attached hydrogens (primary N) is 1. The summed E-state index contributed by atoms with van der Waals surface area (Å²) in [7, 11) is 4.11. The first-order valence-corrected chi connectivity index (χ1v) is 15.6. The van der Waals surface area contributed by atoms with E-state index < -0.39 is 5.60 Å². The molecule has 1 atom stereocenters. The zero-order valence-corrected chi connectivity index (χ0v) is 26.0. The van der Waals surface area contributed by atoms with E-state index in [1.165, 1.54) is 0 Å². The first-order valence-electron chi connectivity index (χ1n) is 14.8. The summed E-state index contributed by atoms with van der Waals surface area (Å²) in [5.41, 5.74) is 9.65. The van der Waals surface area contributed by atoms with Gasteiger partial charge in [-0.05, 0) is 89.4 Å². The highest BCUT2D eigenvalue weighted by molar-refractivity contribution is 7.15. The molecule has 1 aromatic carbocycles. The van der Waals surface area contributed by atoms with E-state index in [9.17, 15) is 0 Å². The van der Waals surface area contributed by atoms with Crippen LogP contribution in [-0.2, 0) is 27.4 Å². The second-order valence-corrected chi connectivity index (χ2v) is 12.9. The number of pyridine rings is 1. The Hall–Kier alpha value is -3.00. The fourth-order valence-corrected chi connectivity index (χ4v) is 6.25. The topological polar surface area (TPSA) is 92.0 Å². The van der Waals surface area contributed by atoms with Crippen LogP contribution in [-0.4, -0.2) is 60.7 Å². The first-order chi connectivity index (χ1) is 20.2. The van der Waals surface area contributed by atoms with Gasteiger partial charge in [0.1, 0.15) is 12.2 Å². The predicted molar refractivity (Wildman–Crippen MR) is 166 cm³/mol. The molecular formula is C33H42N4O4S. The van der Waals surface area contributed by atoms with Gasteiger partial charge in [0.15, 0.2) is 17.9 Å². The maximum Gasteiger partial charge on any atom is 0.166 e. The van der Waals surface area contributed by atoms with E-state index in [-0.39, 0.29) is 6.29 Å². The first kappa shape index (κ1) is 30.5. The number of aromatic nitrogens is 2. The lowest BCUT2D eigenvalue weighted by Gasteiger charge is -2.29. The molecule has 0 amide bonds. The van der Waals surface area contributed by atoms with Crippen LogP contribution in [0.5, 0.6) is 5.75 Å². The van der Waals surface area contributed by atoms with Crippen LogP contribution in [0, 0.1) is 11.8 Å². The van der Waals surface area contributed by atoms with Gasteiger partial charge < -0.3 is 29.6 Å². The third-order valence-corrected chi connectivity index (χ3v) is 8.49. The molecule has 2 saturated heterocycles. The van der Waals surface area contributed by atoms with Gasteiger partial charge in [0.05, 0.1) is 9.88 Å². The summed E-state index contributed by atoms with van der Waals surface area (Å²) in [6.07, 6.45) is 8.66. The Labute approximate surface area is 253 Å². The number of benzene rings is 1. The average molecular weight is 591 g/mol. The molecule has 1 unspecified atom stereocenters. The molecule has 2 fully saturated rings. The van der Waals surface area contributed by atoms with E-state index in [1.807, 2.05) is 26.1 Å². The maximum absolute atomic E-state index is 6.25. The highest BCUT2D eigenvalue weighted by Crippen LogP contribution is 2.36. The molecule has 2 N–H and O–H groups in total. The molecule has 8 nitrogen and oxygen atoms in total. The lowest BCUT2D eigenvalue weighted by atomic mass is 10.0. The van der Waals surface area contributed by atoms with Crippen molar-refractivity contribution in [2.24, 2.45) is 0 Å². The second-order valence-electron chi connectivity index (χ2n) is 11.8. The Morgan fingerprint density at radius 2 is 1.83 bits per heavy atom. The van der Waals surface area contributed by atoms with Crippen molar-refractivity contribution in [2.45, 2.75) is 76.9 Å². The predicted octanol–water partition coefficient (Wildman–Crippen LogP) is 6.00. The van der Waals surface area contributed by atoms with Gasteiger partial charge in [-0.25, -0.2) is 9.97 Å². The Kier molecular flexibility index (Phi) is 10.1. The second kappa shape index (κ2) is 14.0. The molecular weight excluding hydrogens is 548 g/mol. The number of rotatable bonds is 9. The van der Waals surface area contributed by atoms with Gasteiger partial charge in [-0.15, -0.1) is 11.3 Å². The largest absolute Gasteiger partial charge is 0.485 e. The molecule has 9 heteroatoms. The third kappa shape index (κ3) is 8.52. The van der Waals surface area contributed by atoms with Gasteiger partial charge in [0.25, 0.3) is 0 Å². The molecule has 2 aromatic heterocycles. The Balaban J connectivity index is 1.31. The van der Waals surface area contributed by atoms with Gasteiger partial charge in [-0.2, -0.15) is 0 Å². The van der Waals surface area contributed by atoms with Crippen molar-refractivity contribution in [3.8, 4) is 28.0 Å². The van der Waals surface area contributed by atoms with Crippen molar-refractivity contribution in [2.75, 3.05) is 39.6 Å². The number of anilines is 1. The fraction of sp³-hybridized carbons (Fsp3) is 0.515. The molecule has 0 spiro atoms. The molecule has 5 rings (SSSR count). The van der Waals surface area contributed by atoms with Gasteiger partial charge >= 0.3 is 0 Å². The monoisotopic (exact) mass is 590 g/mol. The summed E-state index contributed by atoms with van der Waals surface area (Å²) in [5, 5.41) is 1.15. The summed E-state index contributed by atoms with van der Waals surface area (Å²) in [4.78, 5) is 12.3. The normalized spacial score (nSPS) is 18.1. The van der Waals surface area contributed by atoms with Crippen LogP contribution in [0.15, 0.2) is 36.7 Å². The number of hydrogen-bond donors (Lipinski definition) is 1. The quantitative estimate of drug-likeness (QED) is 0.304. The summed E-state index contributed by atoms with van der Waals surface area (Å²) in [6.45, 7) is 7.45. The smallest absolute Gasteiger partial charge is 0.166 e. The van der Waals surface area contributed by atoms with E-state index in [2.05, 4.69) is 54.0 Å². The van der Waals surface area contributed by atoms with Crippen molar-refractivity contribution in [3.63, 3.8) is 0 Å². The molecule has 0 saturated carbocycles. The maximum atomic E-state index is 6.25. The molecule has 0 aliphatic carbocycles. The van der Waals surface area contributed by atoms with Crippen LogP contribution in [0.2, 0.25) is 0 Å². The zero-order chi connectivity index (χ0) is 29.5. The summed E-state index contributed by atoms with van der Waals surface area (Å²) >= 11 is 1.71. The number of nitrogen functional groups attached to an aromatic ring is 1. The SMILES string of the molecule is CN(C)Cc1cc(C#CC(C)(C)OC2CCCCO2)cc(COc2cc(-c3cnc(C4CCOCC4)s3)cnc2N)c1. The van der Waals surface area contributed by atoms with E-state index in [0.717, 1.165) is 90.6 Å². The van der Waals surface area contributed by atoms with Crippen molar-refractivity contribution >= 4 is 17.2 Å². The van der Waals surface area contributed by atoms with Crippen LogP contribution in [0.1, 0.15) is 73.6 Å². The van der Waals surface area contributed by atoms with Crippen molar-refractivity contribution in [1.82, 2.24) is 14.9 Å². The van der Waals surface area contributed by atoms with E-state index in [0.29, 0.717) is 24.1 Å². The Bertz CT molecular complexity index is 1400. The van der Waals surface area contributed by atoms with Gasteiger partial charge in [0, 0.05) is 55.8 Å². The number of ether oxygens (including phenoxy) is 4. The summed E-state index contributed by atoms with van der Waals surface area (Å²) < 4.78 is 23.7. The van der Waals surface area contributed by atoms with E-state index in [1.54, 1.807) is 17.5 Å². The van der Waals surface area contributed by atoms with Crippen molar-refractivity contribution in [3.05, 3.63) is 58.4 Å². The molecule has 224 valence electrons. The Morgan fingerprint density at radius 1 is 1.02 bits per heavy atom. The van der Waals surface area contributed by atoms with Gasteiger partial charge in [-0.3, -0.25) is 0 Å². The molecule has 42 heavy (non-hydrogen) atoms. The van der Waals surface area contributed by atoms with Crippen LogP contribution in [0.4, 0.5) is 5.82 Å². The zero-order valence-electron chi connectivity index (χ0n) is 25.2. The number of nitrogens with zero attached hydrogens (tertiary/aromatic N) is 3. The van der Waals surface area contributed by atoms with Crippen LogP contribution < -0.4 is 10.5 Å². The summed E-state index contributed by atoms with van der Waals surface area (Å²) in [6, 6.07) is 8.30. The van der Waals surface area contributed by atoms with E-state index in [4.69, 9.17) is 29.7 Å². The lowest BCUT2D eigenvalue weighted by molar-refractivity contribution is -0.199. The van der Waals surface area contributed by atoms with Crippen LogP contribution in [0.3, 0.4) is 0 Å². The van der Waals surface area contributed by atoms with E-state index >= 15 is 0 Å². The molecule has 0 radical (unpaired) electrons. The van der Waals surface area contributed by atoms with Gasteiger partial charge in [-0.1, -0.05) is 17.9 Å². The molecule has 2 aliphatic heterocycles. The fourth-order valence-electron chi connectivity index (χ4n) is 5.18. The molecule has 2 aliphatic rings. The highest BCUT2D eigenvalue weighted by atomic mass is 32.1. The minimum atomic E-state index is -0.627. The Morgan fingerprint density at radius 3 is 2.60 bits per heavy atom. The molecule has 4 heterocycles. The van der Waals surface area contributed by atoms with Crippen molar-refractivity contribution < 1.29 is 18.9 Å². The van der Waals surface area contributed by atoms with Crippen LogP contribution >= 0.6 is 11.3 Å². The average Bonchev–Trinajstić information content (AvgIpc) is 3.47. The highest BCUT2D eigenvalue weighted by Gasteiger charge is 2.24. The number of thiazole rings is 1. The van der Waals surface area contributed by atoms with Crippen molar-refractivity contribution in [1.29, 1.82) is 0 Å². The van der Waals surface area contributed by atoms with Gasteiger partial charge in [0.2, 0.25) is 0 Å². The molecule has 0 bridgehead atoms. The standard InChI is InChI=1S/C33H42N4O4S/c1-33(2,41-30-7-5-6-12-39-30)11-8-23-15-24(21-37(3)4)17-25(16-23)22-40-28-18-27(19-35-31(28)34)29-20-36-32(42-29)26-9-13-38-14-10-26/h15-20,26,30H,5-7,9-10,12-14,21-22H2,1-4H3,(H2,34,35). The minimum Gasteiger partial charge on any atom is -0.485 e. The minimum absolute atomic E-state index is 0.194. The third-order valence-electron chi connectivity index (χ3n) is 7.28. The number of hydrogen-bond acceptors (Lipinski definition) is 9. The van der Waals surface area contributed by atoms with Crippen LogP contribution in [0.25, 0.3) is 10.4 Å². The summed E-state index contributed by atoms with van der Waals surface area (Å²) in [5.74, 6) is 8.04. The molecule has 3 aromatic rings.